The highest BCUT2D eigenvalue weighted by Crippen LogP contribution is 2.22. The van der Waals surface area contributed by atoms with E-state index in [1.165, 1.54) is 154 Å². The number of nitrogens with zero attached hydrogens (tertiary/aromatic N) is 2. The summed E-state index contributed by atoms with van der Waals surface area (Å²) in [5.74, 6) is 0. The lowest BCUT2D eigenvalue weighted by Gasteiger charge is -2.33. The largest absolute Gasteiger partial charge is 0.356 e. The molecule has 190 valence electrons. The van der Waals surface area contributed by atoms with E-state index in [-0.39, 0.29) is 0 Å². The summed E-state index contributed by atoms with van der Waals surface area (Å²) in [6.45, 7) is 9.46. The molecule has 0 saturated carbocycles. The van der Waals surface area contributed by atoms with E-state index in [2.05, 4.69) is 43.0 Å². The summed E-state index contributed by atoms with van der Waals surface area (Å²) in [7, 11) is 0. The minimum atomic E-state index is 0.636. The van der Waals surface area contributed by atoms with Gasteiger partial charge in [-0.05, 0) is 19.3 Å². The van der Waals surface area contributed by atoms with Crippen LogP contribution < -0.4 is 0 Å². The molecule has 0 amide bonds. The second kappa shape index (κ2) is 22.1. The molecule has 1 aliphatic heterocycles. The Morgan fingerprint density at radius 1 is 0.406 bits per heavy atom. The number of hydrogen-bond donors (Lipinski definition) is 0. The molecule has 0 saturated heterocycles. The van der Waals surface area contributed by atoms with Crippen LogP contribution in [0.15, 0.2) is 12.4 Å². The summed E-state index contributed by atoms with van der Waals surface area (Å²) in [4.78, 5) is 5.28. The Bertz CT molecular complexity index is 406. The van der Waals surface area contributed by atoms with Gasteiger partial charge in [-0.3, -0.25) is 0 Å². The first-order valence-corrected chi connectivity index (χ1v) is 15.0. The van der Waals surface area contributed by atoms with Gasteiger partial charge in [-0.2, -0.15) is 0 Å². The van der Waals surface area contributed by atoms with Crippen molar-refractivity contribution in [3.63, 3.8) is 0 Å². The summed E-state index contributed by atoms with van der Waals surface area (Å²) in [6.07, 6.45) is 36.6. The molecule has 32 heavy (non-hydrogen) atoms. The summed E-state index contributed by atoms with van der Waals surface area (Å²) in [6, 6.07) is 0. The van der Waals surface area contributed by atoms with Crippen molar-refractivity contribution < 1.29 is 0 Å². The van der Waals surface area contributed by atoms with E-state index < -0.39 is 0 Å². The third-order valence-electron chi connectivity index (χ3n) is 7.30. The normalized spacial score (nSPS) is 15.9. The van der Waals surface area contributed by atoms with Crippen LogP contribution in [0.3, 0.4) is 0 Å². The van der Waals surface area contributed by atoms with Crippen LogP contribution in [0.2, 0.25) is 0 Å². The first-order chi connectivity index (χ1) is 15.8. The van der Waals surface area contributed by atoms with Crippen LogP contribution in [0.4, 0.5) is 0 Å². The van der Waals surface area contributed by atoms with E-state index >= 15 is 0 Å². The summed E-state index contributed by atoms with van der Waals surface area (Å²) in [5, 5.41) is 0. The van der Waals surface area contributed by atoms with Crippen LogP contribution in [0.5, 0.6) is 0 Å². The Morgan fingerprint density at radius 3 is 1.03 bits per heavy atom. The molecule has 0 aromatic rings. The molecule has 1 aliphatic rings. The average molecular weight is 449 g/mol. The molecule has 1 heterocycles. The number of rotatable bonds is 24. The predicted molar refractivity (Wildman–Crippen MR) is 145 cm³/mol. The van der Waals surface area contributed by atoms with Crippen LogP contribution in [0.1, 0.15) is 162 Å². The third-order valence-corrected chi connectivity index (χ3v) is 7.30. The molecule has 0 bridgehead atoms. The van der Waals surface area contributed by atoms with Crippen LogP contribution in [-0.4, -0.2) is 29.1 Å². The second-order valence-corrected chi connectivity index (χ2v) is 10.4. The summed E-state index contributed by atoms with van der Waals surface area (Å²) >= 11 is 0. The molecule has 0 aromatic heterocycles. The van der Waals surface area contributed by atoms with Gasteiger partial charge in [0.1, 0.15) is 6.17 Å². The van der Waals surface area contributed by atoms with Gasteiger partial charge in [0, 0.05) is 25.5 Å². The zero-order valence-electron chi connectivity index (χ0n) is 22.6. The van der Waals surface area contributed by atoms with Crippen molar-refractivity contribution in [2.45, 2.75) is 168 Å². The maximum atomic E-state index is 2.64. The lowest BCUT2D eigenvalue weighted by molar-refractivity contribution is 0.138. The smallest absolute Gasteiger partial charge is 0.101 e. The van der Waals surface area contributed by atoms with Gasteiger partial charge >= 0.3 is 0 Å². The molecule has 0 aromatic carbocycles. The van der Waals surface area contributed by atoms with Crippen molar-refractivity contribution in [1.82, 2.24) is 9.80 Å². The Balaban J connectivity index is 2.01. The zero-order valence-corrected chi connectivity index (χ0v) is 22.6. The molecule has 1 rings (SSSR count). The monoisotopic (exact) mass is 448 g/mol. The molecule has 1 atom stereocenters. The predicted octanol–water partition coefficient (Wildman–Crippen LogP) is 10.0. The number of hydrogen-bond acceptors (Lipinski definition) is 2. The topological polar surface area (TPSA) is 6.48 Å². The minimum Gasteiger partial charge on any atom is -0.356 e. The van der Waals surface area contributed by atoms with Crippen LogP contribution in [0, 0.1) is 0 Å². The van der Waals surface area contributed by atoms with Crippen molar-refractivity contribution in [1.29, 1.82) is 0 Å². The first-order valence-electron chi connectivity index (χ1n) is 15.0. The molecule has 0 fully saturated rings. The zero-order chi connectivity index (χ0) is 23.1. The Labute approximate surface area is 203 Å². The van der Waals surface area contributed by atoms with Crippen molar-refractivity contribution in [2.24, 2.45) is 0 Å². The van der Waals surface area contributed by atoms with E-state index in [1.807, 2.05) is 0 Å². The van der Waals surface area contributed by atoms with E-state index in [4.69, 9.17) is 0 Å². The summed E-state index contributed by atoms with van der Waals surface area (Å²) < 4.78 is 0. The molecular weight excluding hydrogens is 388 g/mol. The van der Waals surface area contributed by atoms with E-state index in [0.29, 0.717) is 6.17 Å². The second-order valence-electron chi connectivity index (χ2n) is 10.4. The third kappa shape index (κ3) is 15.2. The Hall–Kier alpha value is -0.660. The fraction of sp³-hybridized carbons (Fsp3) is 0.933. The highest BCUT2D eigenvalue weighted by Gasteiger charge is 2.24. The Kier molecular flexibility index (Phi) is 20.3. The molecule has 0 aliphatic carbocycles. The highest BCUT2D eigenvalue weighted by molar-refractivity contribution is 4.96. The van der Waals surface area contributed by atoms with Gasteiger partial charge < -0.3 is 9.80 Å². The van der Waals surface area contributed by atoms with Gasteiger partial charge in [-0.15, -0.1) is 0 Å². The minimum absolute atomic E-state index is 0.636. The van der Waals surface area contributed by atoms with Crippen LogP contribution in [0.25, 0.3) is 0 Å². The van der Waals surface area contributed by atoms with Gasteiger partial charge in [0.2, 0.25) is 0 Å². The maximum absolute atomic E-state index is 2.64. The van der Waals surface area contributed by atoms with Crippen molar-refractivity contribution in [3.05, 3.63) is 12.4 Å². The van der Waals surface area contributed by atoms with E-state index in [0.717, 1.165) is 0 Å². The fourth-order valence-electron chi connectivity index (χ4n) is 5.16. The van der Waals surface area contributed by atoms with Crippen LogP contribution >= 0.6 is 0 Å². The fourth-order valence-corrected chi connectivity index (χ4v) is 5.16. The van der Waals surface area contributed by atoms with E-state index in [1.54, 1.807) is 0 Å². The van der Waals surface area contributed by atoms with Gasteiger partial charge in [-0.1, -0.05) is 143 Å². The van der Waals surface area contributed by atoms with Gasteiger partial charge in [0.05, 0.1) is 0 Å². The molecular formula is C30H60N2. The molecule has 0 radical (unpaired) electrons. The highest BCUT2D eigenvalue weighted by atomic mass is 15.4. The van der Waals surface area contributed by atoms with Gasteiger partial charge in [-0.25, -0.2) is 0 Å². The van der Waals surface area contributed by atoms with Crippen molar-refractivity contribution in [3.8, 4) is 0 Å². The molecule has 0 N–H and O–H groups in total. The number of unbranched alkanes of at least 4 members (excludes halogenated alkanes) is 18. The van der Waals surface area contributed by atoms with E-state index in [9.17, 15) is 0 Å². The molecule has 1 unspecified atom stereocenters. The van der Waals surface area contributed by atoms with Crippen LogP contribution in [-0.2, 0) is 0 Å². The van der Waals surface area contributed by atoms with Gasteiger partial charge in [0.25, 0.3) is 0 Å². The molecule has 0 spiro atoms. The summed E-state index contributed by atoms with van der Waals surface area (Å²) in [5.41, 5.74) is 0. The lowest BCUT2D eigenvalue weighted by atomic mass is 10.0. The first kappa shape index (κ1) is 29.4. The molecule has 2 heteroatoms. The average Bonchev–Trinajstić information content (AvgIpc) is 3.18. The quantitative estimate of drug-likeness (QED) is 0.135. The SMILES string of the molecule is CCCCCCCCCCCCCCCN1C=CN(CCCCCCCCC)C1CCC. The molecule has 2 nitrogen and oxygen atoms in total. The standard InChI is InChI=1S/C30H60N2/c1-4-7-9-11-13-14-15-16-17-18-20-22-24-27-32-29-28-31(30(32)25-6-3)26-23-21-19-12-10-8-5-2/h28-30H,4-27H2,1-3H3. The van der Waals surface area contributed by atoms with Crippen molar-refractivity contribution in [2.75, 3.05) is 13.1 Å². The maximum Gasteiger partial charge on any atom is 0.101 e. The lowest BCUT2D eigenvalue weighted by Crippen LogP contribution is -2.39. The van der Waals surface area contributed by atoms with Crippen molar-refractivity contribution >= 4 is 0 Å². The van der Waals surface area contributed by atoms with Gasteiger partial charge in [0.15, 0.2) is 0 Å². The Morgan fingerprint density at radius 2 is 0.719 bits per heavy atom.